The highest BCUT2D eigenvalue weighted by molar-refractivity contribution is 4.85. The first kappa shape index (κ1) is 11.4. The van der Waals surface area contributed by atoms with E-state index in [2.05, 4.69) is 35.0 Å². The van der Waals surface area contributed by atoms with E-state index >= 15 is 0 Å². The molecule has 1 heterocycles. The third kappa shape index (κ3) is 2.95. The van der Waals surface area contributed by atoms with Gasteiger partial charge in [-0.25, -0.2) is 0 Å². The predicted octanol–water partition coefficient (Wildman–Crippen LogP) is 0.0831. The zero-order chi connectivity index (χ0) is 10.4. The molecule has 4 heteroatoms. The van der Waals surface area contributed by atoms with Crippen LogP contribution in [0.15, 0.2) is 0 Å². The van der Waals surface area contributed by atoms with E-state index in [9.17, 15) is 0 Å². The Kier molecular flexibility index (Phi) is 4.88. The summed E-state index contributed by atoms with van der Waals surface area (Å²) in [5, 5.41) is 12.0. The zero-order valence-corrected chi connectivity index (χ0v) is 9.16. The van der Waals surface area contributed by atoms with Gasteiger partial charge in [0.15, 0.2) is 0 Å². The number of hydrogen-bond donors (Lipinski definition) is 1. The number of hydrogen-bond acceptors (Lipinski definition) is 4. The molecule has 0 bridgehead atoms. The summed E-state index contributed by atoms with van der Waals surface area (Å²) in [5.74, 6) is 0. The van der Waals surface area contributed by atoms with Crippen LogP contribution in [0, 0.1) is 11.3 Å². The lowest BCUT2D eigenvalue weighted by Gasteiger charge is -2.38. The molecular formula is C10H20N4. The third-order valence-electron chi connectivity index (χ3n) is 2.81. The fourth-order valence-electron chi connectivity index (χ4n) is 2.02. The zero-order valence-electron chi connectivity index (χ0n) is 9.16. The Morgan fingerprint density at radius 3 is 2.79 bits per heavy atom. The molecule has 0 aromatic carbocycles. The van der Waals surface area contributed by atoms with Gasteiger partial charge in [-0.15, -0.1) is 0 Å². The van der Waals surface area contributed by atoms with Crippen molar-refractivity contribution in [3.8, 4) is 6.07 Å². The van der Waals surface area contributed by atoms with Crippen LogP contribution >= 0.6 is 0 Å². The number of likely N-dealkylation sites (N-methyl/N-ethyl adjacent to an activating group) is 1. The average Bonchev–Trinajstić information content (AvgIpc) is 2.21. The molecule has 1 aliphatic heterocycles. The van der Waals surface area contributed by atoms with E-state index < -0.39 is 0 Å². The van der Waals surface area contributed by atoms with Crippen LogP contribution in [-0.4, -0.2) is 55.2 Å². The van der Waals surface area contributed by atoms with E-state index in [1.165, 1.54) is 0 Å². The summed E-state index contributed by atoms with van der Waals surface area (Å²) in [6.45, 7) is 9.99. The monoisotopic (exact) mass is 196 g/mol. The van der Waals surface area contributed by atoms with Crippen molar-refractivity contribution in [2.45, 2.75) is 19.9 Å². The minimum Gasteiger partial charge on any atom is -0.303 e. The van der Waals surface area contributed by atoms with E-state index in [4.69, 9.17) is 5.26 Å². The van der Waals surface area contributed by atoms with Crippen molar-refractivity contribution in [2.24, 2.45) is 0 Å². The van der Waals surface area contributed by atoms with E-state index in [-0.39, 0.29) is 0 Å². The Bertz CT molecular complexity index is 195. The number of nitrogens with zero attached hydrogens (tertiary/aromatic N) is 3. The van der Waals surface area contributed by atoms with E-state index in [1.807, 2.05) is 0 Å². The molecule has 0 spiro atoms. The average molecular weight is 196 g/mol. The highest BCUT2D eigenvalue weighted by Crippen LogP contribution is 2.04. The molecule has 0 amide bonds. The lowest BCUT2D eigenvalue weighted by Crippen LogP contribution is -2.56. The highest BCUT2D eigenvalue weighted by Gasteiger charge is 2.22. The second kappa shape index (κ2) is 5.97. The summed E-state index contributed by atoms with van der Waals surface area (Å²) in [4.78, 5) is 4.60. The third-order valence-corrected chi connectivity index (χ3v) is 2.81. The molecule has 0 saturated carbocycles. The van der Waals surface area contributed by atoms with Crippen molar-refractivity contribution in [2.75, 3.05) is 39.4 Å². The molecule has 0 aromatic heterocycles. The smallest absolute Gasteiger partial charge is 0.0876 e. The van der Waals surface area contributed by atoms with Crippen molar-refractivity contribution < 1.29 is 0 Å². The molecule has 1 atom stereocenters. The summed E-state index contributed by atoms with van der Waals surface area (Å²) in [6.07, 6.45) is 0. The van der Waals surface area contributed by atoms with Crippen LogP contribution in [0.1, 0.15) is 13.8 Å². The van der Waals surface area contributed by atoms with Gasteiger partial charge in [0, 0.05) is 25.8 Å². The molecule has 1 saturated heterocycles. The second-order valence-corrected chi connectivity index (χ2v) is 3.66. The van der Waals surface area contributed by atoms with Crippen LogP contribution in [-0.2, 0) is 0 Å². The lowest BCUT2D eigenvalue weighted by atomic mass is 10.2. The summed E-state index contributed by atoms with van der Waals surface area (Å²) < 4.78 is 0. The van der Waals surface area contributed by atoms with Crippen molar-refractivity contribution >= 4 is 0 Å². The quantitative estimate of drug-likeness (QED) is 0.647. The van der Waals surface area contributed by atoms with E-state index in [0.29, 0.717) is 12.6 Å². The molecule has 1 N–H and O–H groups in total. The fraction of sp³-hybridized carbons (Fsp3) is 0.900. The van der Waals surface area contributed by atoms with Crippen LogP contribution in [0.25, 0.3) is 0 Å². The number of nitriles is 1. The molecule has 80 valence electrons. The Hall–Kier alpha value is -0.630. The SMILES string of the molecule is CCN(CC)C1CNCN(CC#N)C1. The van der Waals surface area contributed by atoms with Gasteiger partial charge in [-0.3, -0.25) is 9.80 Å². The molecular weight excluding hydrogens is 176 g/mol. The maximum Gasteiger partial charge on any atom is 0.0876 e. The van der Waals surface area contributed by atoms with E-state index in [0.717, 1.165) is 32.8 Å². The lowest BCUT2D eigenvalue weighted by molar-refractivity contribution is 0.113. The minimum atomic E-state index is 0.533. The van der Waals surface area contributed by atoms with Crippen LogP contribution in [0.3, 0.4) is 0 Å². The second-order valence-electron chi connectivity index (χ2n) is 3.66. The van der Waals surface area contributed by atoms with Gasteiger partial charge >= 0.3 is 0 Å². The molecule has 0 aliphatic carbocycles. The first-order chi connectivity index (χ1) is 6.81. The summed E-state index contributed by atoms with van der Waals surface area (Å²) in [6, 6.07) is 2.76. The van der Waals surface area contributed by atoms with E-state index in [1.54, 1.807) is 0 Å². The van der Waals surface area contributed by atoms with Gasteiger partial charge in [-0.1, -0.05) is 13.8 Å². The Morgan fingerprint density at radius 2 is 2.21 bits per heavy atom. The van der Waals surface area contributed by atoms with Crippen molar-refractivity contribution in [1.82, 2.24) is 15.1 Å². The Balaban J connectivity index is 2.42. The molecule has 14 heavy (non-hydrogen) atoms. The number of nitrogens with one attached hydrogen (secondary N) is 1. The minimum absolute atomic E-state index is 0.533. The Morgan fingerprint density at radius 1 is 1.50 bits per heavy atom. The van der Waals surface area contributed by atoms with Crippen LogP contribution in [0.5, 0.6) is 0 Å². The highest BCUT2D eigenvalue weighted by atomic mass is 15.3. The van der Waals surface area contributed by atoms with Gasteiger partial charge in [0.2, 0.25) is 0 Å². The van der Waals surface area contributed by atoms with Crippen LogP contribution < -0.4 is 5.32 Å². The largest absolute Gasteiger partial charge is 0.303 e. The van der Waals surface area contributed by atoms with Gasteiger partial charge in [-0.05, 0) is 13.1 Å². The van der Waals surface area contributed by atoms with Gasteiger partial charge in [0.1, 0.15) is 0 Å². The van der Waals surface area contributed by atoms with Crippen LogP contribution in [0.4, 0.5) is 0 Å². The Labute approximate surface area is 86.5 Å². The standard InChI is InChI=1S/C10H20N4/c1-3-14(4-2)10-7-12-9-13(8-10)6-5-11/h10,12H,3-4,6-9H2,1-2H3. The first-order valence-corrected chi connectivity index (χ1v) is 5.35. The van der Waals surface area contributed by atoms with Gasteiger partial charge in [-0.2, -0.15) is 5.26 Å². The number of rotatable bonds is 4. The van der Waals surface area contributed by atoms with Crippen LogP contribution in [0.2, 0.25) is 0 Å². The molecule has 0 aromatic rings. The van der Waals surface area contributed by atoms with Gasteiger partial charge in [0.05, 0.1) is 12.6 Å². The molecule has 0 radical (unpaired) electrons. The first-order valence-electron chi connectivity index (χ1n) is 5.35. The summed E-state index contributed by atoms with van der Waals surface area (Å²) in [7, 11) is 0. The molecule has 4 nitrogen and oxygen atoms in total. The topological polar surface area (TPSA) is 42.3 Å². The fourth-order valence-corrected chi connectivity index (χ4v) is 2.02. The molecule has 1 unspecified atom stereocenters. The van der Waals surface area contributed by atoms with Crippen molar-refractivity contribution in [3.05, 3.63) is 0 Å². The molecule has 1 aliphatic rings. The predicted molar refractivity (Wildman–Crippen MR) is 56.8 cm³/mol. The van der Waals surface area contributed by atoms with Gasteiger partial charge in [0.25, 0.3) is 0 Å². The van der Waals surface area contributed by atoms with Crippen molar-refractivity contribution in [1.29, 1.82) is 5.26 Å². The summed E-state index contributed by atoms with van der Waals surface area (Å²) >= 11 is 0. The normalized spacial score (nSPS) is 23.7. The molecule has 1 fully saturated rings. The molecule has 1 rings (SSSR count). The van der Waals surface area contributed by atoms with Crippen molar-refractivity contribution in [3.63, 3.8) is 0 Å². The maximum absolute atomic E-state index is 8.62. The van der Waals surface area contributed by atoms with Gasteiger partial charge < -0.3 is 5.32 Å². The summed E-state index contributed by atoms with van der Waals surface area (Å²) in [5.41, 5.74) is 0. The maximum atomic E-state index is 8.62.